The maximum atomic E-state index is 2.38. The van der Waals surface area contributed by atoms with Crippen LogP contribution in [0.2, 0.25) is 0 Å². The van der Waals surface area contributed by atoms with Gasteiger partial charge in [-0.05, 0) is 99.4 Å². The van der Waals surface area contributed by atoms with Gasteiger partial charge in [-0.25, -0.2) is 0 Å². The smallest absolute Gasteiger partial charge is 0.00262 e. The standard InChI is InChI=1S/C44H28/c1-2-13-31-27-34(24-23-29(31)11-1)44-41-19-7-5-17-39(41)43(40-18-6-8-20-42(40)44)33-15-9-14-32(28-33)36-21-10-22-37-35-16-4-3-12-30(35)25-26-38(36)37/h1-28H. The molecule has 0 saturated heterocycles. The molecule has 0 aliphatic rings. The first kappa shape index (κ1) is 24.8. The van der Waals surface area contributed by atoms with Gasteiger partial charge in [-0.3, -0.25) is 0 Å². The molecule has 9 rings (SSSR count). The maximum Gasteiger partial charge on any atom is -0.00262 e. The van der Waals surface area contributed by atoms with Crippen LogP contribution in [-0.4, -0.2) is 0 Å². The highest BCUT2D eigenvalue weighted by molar-refractivity contribution is 6.22. The molecule has 0 aliphatic heterocycles. The molecule has 0 atom stereocenters. The molecule has 0 bridgehead atoms. The SMILES string of the molecule is c1cc(-c2c3ccccc3c(-c3ccc4ccccc4c3)c3ccccc23)cc(-c2cccc3c2ccc2ccccc23)c1. The van der Waals surface area contributed by atoms with E-state index >= 15 is 0 Å². The van der Waals surface area contributed by atoms with Crippen LogP contribution < -0.4 is 0 Å². The Morgan fingerprint density at radius 3 is 1.43 bits per heavy atom. The van der Waals surface area contributed by atoms with Crippen LogP contribution in [0.15, 0.2) is 170 Å². The van der Waals surface area contributed by atoms with Crippen molar-refractivity contribution in [1.29, 1.82) is 0 Å². The second kappa shape index (κ2) is 9.93. The average molecular weight is 557 g/mol. The monoisotopic (exact) mass is 556 g/mol. The predicted octanol–water partition coefficient (Wildman–Crippen LogP) is 12.5. The maximum absolute atomic E-state index is 2.38. The summed E-state index contributed by atoms with van der Waals surface area (Å²) < 4.78 is 0. The van der Waals surface area contributed by atoms with Crippen molar-refractivity contribution in [3.63, 3.8) is 0 Å². The molecule has 0 fully saturated rings. The van der Waals surface area contributed by atoms with Gasteiger partial charge in [-0.2, -0.15) is 0 Å². The Balaban J connectivity index is 1.30. The summed E-state index contributed by atoms with van der Waals surface area (Å²) in [6.45, 7) is 0. The molecule has 0 nitrogen and oxygen atoms in total. The Morgan fingerprint density at radius 2 is 0.727 bits per heavy atom. The summed E-state index contributed by atoms with van der Waals surface area (Å²) in [6, 6.07) is 62.3. The van der Waals surface area contributed by atoms with E-state index in [9.17, 15) is 0 Å². The normalized spacial score (nSPS) is 11.6. The fourth-order valence-electron chi connectivity index (χ4n) is 7.23. The zero-order valence-corrected chi connectivity index (χ0v) is 24.2. The van der Waals surface area contributed by atoms with Gasteiger partial charge in [0, 0.05) is 0 Å². The highest BCUT2D eigenvalue weighted by Crippen LogP contribution is 2.45. The second-order valence-electron chi connectivity index (χ2n) is 11.7. The molecule has 0 heteroatoms. The van der Waals surface area contributed by atoms with E-state index in [4.69, 9.17) is 0 Å². The van der Waals surface area contributed by atoms with Gasteiger partial charge in [-0.15, -0.1) is 0 Å². The Bertz CT molecular complexity index is 2490. The first-order valence-corrected chi connectivity index (χ1v) is 15.3. The van der Waals surface area contributed by atoms with Crippen molar-refractivity contribution < 1.29 is 0 Å². The number of hydrogen-bond acceptors (Lipinski definition) is 0. The molecule has 0 spiro atoms. The van der Waals surface area contributed by atoms with Crippen molar-refractivity contribution in [3.05, 3.63) is 170 Å². The van der Waals surface area contributed by atoms with Crippen LogP contribution in [0.5, 0.6) is 0 Å². The molecule has 0 unspecified atom stereocenters. The van der Waals surface area contributed by atoms with Gasteiger partial charge in [0.1, 0.15) is 0 Å². The third-order valence-electron chi connectivity index (χ3n) is 9.22. The fraction of sp³-hybridized carbons (Fsp3) is 0. The Hall–Kier alpha value is -5.72. The van der Waals surface area contributed by atoms with Gasteiger partial charge < -0.3 is 0 Å². The average Bonchev–Trinajstić information content (AvgIpc) is 3.10. The Kier molecular flexibility index (Phi) is 5.61. The molecule has 0 N–H and O–H groups in total. The molecule has 204 valence electrons. The highest BCUT2D eigenvalue weighted by Gasteiger charge is 2.17. The summed E-state index contributed by atoms with van der Waals surface area (Å²) >= 11 is 0. The van der Waals surface area contributed by atoms with Gasteiger partial charge in [0.05, 0.1) is 0 Å². The zero-order valence-electron chi connectivity index (χ0n) is 24.2. The van der Waals surface area contributed by atoms with Gasteiger partial charge >= 0.3 is 0 Å². The van der Waals surface area contributed by atoms with Crippen LogP contribution in [0.25, 0.3) is 87.2 Å². The van der Waals surface area contributed by atoms with Crippen molar-refractivity contribution in [2.24, 2.45) is 0 Å². The molecule has 0 amide bonds. The summed E-state index contributed by atoms with van der Waals surface area (Å²) in [6.07, 6.45) is 0. The van der Waals surface area contributed by atoms with E-state index in [1.807, 2.05) is 0 Å². The lowest BCUT2D eigenvalue weighted by molar-refractivity contribution is 1.64. The molecule has 0 radical (unpaired) electrons. The topological polar surface area (TPSA) is 0 Å². The minimum Gasteiger partial charge on any atom is -0.0616 e. The van der Waals surface area contributed by atoms with Crippen LogP contribution in [-0.2, 0) is 0 Å². The lowest BCUT2D eigenvalue weighted by atomic mass is 9.85. The number of rotatable bonds is 3. The largest absolute Gasteiger partial charge is 0.0616 e. The number of benzene rings is 9. The third kappa shape index (κ3) is 3.85. The number of fused-ring (bicyclic) bond motifs is 6. The quantitative estimate of drug-likeness (QED) is 0.150. The van der Waals surface area contributed by atoms with E-state index in [0.29, 0.717) is 0 Å². The van der Waals surface area contributed by atoms with E-state index < -0.39 is 0 Å². The van der Waals surface area contributed by atoms with Crippen LogP contribution in [0.3, 0.4) is 0 Å². The van der Waals surface area contributed by atoms with Crippen LogP contribution in [0.4, 0.5) is 0 Å². The first-order valence-electron chi connectivity index (χ1n) is 15.3. The summed E-state index contributed by atoms with van der Waals surface area (Å²) in [5.74, 6) is 0. The lowest BCUT2D eigenvalue weighted by Crippen LogP contribution is -1.91. The first-order chi connectivity index (χ1) is 21.8. The molecule has 0 aromatic heterocycles. The van der Waals surface area contributed by atoms with Gasteiger partial charge in [0.25, 0.3) is 0 Å². The molecule has 0 saturated carbocycles. The minimum atomic E-state index is 1.23. The lowest BCUT2D eigenvalue weighted by Gasteiger charge is -2.18. The summed E-state index contributed by atoms with van der Waals surface area (Å²) in [4.78, 5) is 0. The van der Waals surface area contributed by atoms with Gasteiger partial charge in [-0.1, -0.05) is 158 Å². The number of hydrogen-bond donors (Lipinski definition) is 0. The summed E-state index contributed by atoms with van der Waals surface area (Å²) in [7, 11) is 0. The molecule has 44 heavy (non-hydrogen) atoms. The molecular weight excluding hydrogens is 528 g/mol. The zero-order chi connectivity index (χ0) is 29.0. The molecular formula is C44H28. The second-order valence-corrected chi connectivity index (χ2v) is 11.7. The van der Waals surface area contributed by atoms with E-state index in [1.54, 1.807) is 0 Å². The van der Waals surface area contributed by atoms with Crippen molar-refractivity contribution in [3.8, 4) is 33.4 Å². The van der Waals surface area contributed by atoms with E-state index in [2.05, 4.69) is 170 Å². The van der Waals surface area contributed by atoms with Crippen LogP contribution >= 0.6 is 0 Å². The van der Waals surface area contributed by atoms with Crippen molar-refractivity contribution in [1.82, 2.24) is 0 Å². The molecule has 9 aromatic carbocycles. The van der Waals surface area contributed by atoms with E-state index in [-0.39, 0.29) is 0 Å². The highest BCUT2D eigenvalue weighted by atomic mass is 14.2. The Morgan fingerprint density at radius 1 is 0.227 bits per heavy atom. The predicted molar refractivity (Wildman–Crippen MR) is 190 cm³/mol. The minimum absolute atomic E-state index is 1.23. The summed E-state index contributed by atoms with van der Waals surface area (Å²) in [5, 5.41) is 12.8. The molecule has 9 aromatic rings. The van der Waals surface area contributed by atoms with Crippen molar-refractivity contribution in [2.75, 3.05) is 0 Å². The molecule has 0 heterocycles. The van der Waals surface area contributed by atoms with E-state index in [0.717, 1.165) is 0 Å². The van der Waals surface area contributed by atoms with Gasteiger partial charge in [0.2, 0.25) is 0 Å². The summed E-state index contributed by atoms with van der Waals surface area (Å²) in [5.41, 5.74) is 7.56. The Labute approximate surface area is 256 Å². The van der Waals surface area contributed by atoms with E-state index in [1.165, 1.54) is 87.2 Å². The van der Waals surface area contributed by atoms with Crippen LogP contribution in [0, 0.1) is 0 Å². The van der Waals surface area contributed by atoms with Crippen LogP contribution in [0.1, 0.15) is 0 Å². The molecule has 0 aliphatic carbocycles. The fourth-order valence-corrected chi connectivity index (χ4v) is 7.23. The van der Waals surface area contributed by atoms with Gasteiger partial charge in [0.15, 0.2) is 0 Å². The third-order valence-corrected chi connectivity index (χ3v) is 9.22. The van der Waals surface area contributed by atoms with Crippen molar-refractivity contribution in [2.45, 2.75) is 0 Å². The van der Waals surface area contributed by atoms with Crippen molar-refractivity contribution >= 4 is 53.9 Å².